The van der Waals surface area contributed by atoms with Crippen molar-refractivity contribution in [3.63, 3.8) is 0 Å². The van der Waals surface area contributed by atoms with Crippen LogP contribution in [0.4, 0.5) is 11.6 Å². The van der Waals surface area contributed by atoms with Gasteiger partial charge in [0, 0.05) is 23.1 Å². The highest BCUT2D eigenvalue weighted by atomic mass is 16.6. The van der Waals surface area contributed by atoms with Crippen LogP contribution in [0.3, 0.4) is 0 Å². The summed E-state index contributed by atoms with van der Waals surface area (Å²) in [7, 11) is 0. The third-order valence-electron chi connectivity index (χ3n) is 4.78. The van der Waals surface area contributed by atoms with Crippen LogP contribution in [0.25, 0.3) is 33.4 Å². The number of nitrogens with zero attached hydrogens (tertiary/aromatic N) is 5. The standard InChI is InChI=1S/C21H15N7O3/c1-12-4-2-7-16-18(12)23-20-19(16)25-27-21(24-20)26-22-11-15-8-9-17(31-15)13-5-3-6-14(10-13)28(29)30/h2-11H,1H3,(H2,23,24,26,27)/b22-11+. The topological polar surface area (TPSA) is 135 Å². The van der Waals surface area contributed by atoms with Crippen LogP contribution in [-0.4, -0.2) is 31.3 Å². The van der Waals surface area contributed by atoms with Crippen LogP contribution in [0.2, 0.25) is 0 Å². The first-order valence-electron chi connectivity index (χ1n) is 9.34. The molecule has 3 aromatic heterocycles. The van der Waals surface area contributed by atoms with Crippen molar-refractivity contribution < 1.29 is 9.34 Å². The van der Waals surface area contributed by atoms with Crippen molar-refractivity contribution in [2.75, 3.05) is 5.43 Å². The molecule has 0 spiro atoms. The minimum absolute atomic E-state index is 0.00186. The van der Waals surface area contributed by atoms with Gasteiger partial charge < -0.3 is 9.40 Å². The van der Waals surface area contributed by atoms with Gasteiger partial charge in [-0.1, -0.05) is 30.3 Å². The van der Waals surface area contributed by atoms with Crippen LogP contribution in [0, 0.1) is 17.0 Å². The first-order valence-corrected chi connectivity index (χ1v) is 9.34. The lowest BCUT2D eigenvalue weighted by Gasteiger charge is -1.97. The summed E-state index contributed by atoms with van der Waals surface area (Å²) in [6, 6.07) is 15.6. The number of non-ortho nitro benzene ring substituents is 1. The summed E-state index contributed by atoms with van der Waals surface area (Å²) in [5, 5.41) is 24.3. The molecular formula is C21H15N7O3. The molecule has 0 aliphatic carbocycles. The van der Waals surface area contributed by atoms with Crippen molar-refractivity contribution in [2.45, 2.75) is 6.92 Å². The zero-order valence-electron chi connectivity index (χ0n) is 16.2. The van der Waals surface area contributed by atoms with Crippen molar-refractivity contribution in [3.8, 4) is 11.3 Å². The van der Waals surface area contributed by atoms with Gasteiger partial charge in [0.25, 0.3) is 11.6 Å². The average molecular weight is 413 g/mol. The molecule has 5 rings (SSSR count). The summed E-state index contributed by atoms with van der Waals surface area (Å²) in [5.74, 6) is 1.20. The molecule has 0 amide bonds. The molecule has 0 aliphatic heterocycles. The van der Waals surface area contributed by atoms with Crippen LogP contribution in [0.5, 0.6) is 0 Å². The number of aryl methyl sites for hydroxylation is 1. The molecule has 10 nitrogen and oxygen atoms in total. The van der Waals surface area contributed by atoms with E-state index in [9.17, 15) is 10.1 Å². The normalized spacial score (nSPS) is 11.5. The van der Waals surface area contributed by atoms with Crippen molar-refractivity contribution in [3.05, 3.63) is 76.0 Å². The zero-order chi connectivity index (χ0) is 21.4. The number of furan rings is 1. The molecule has 10 heteroatoms. The van der Waals surface area contributed by atoms with Crippen LogP contribution in [0.15, 0.2) is 64.1 Å². The summed E-state index contributed by atoms with van der Waals surface area (Å²) in [5.41, 5.74) is 6.72. The minimum Gasteiger partial charge on any atom is -0.455 e. The lowest BCUT2D eigenvalue weighted by atomic mass is 10.1. The number of nitro benzene ring substituents is 1. The predicted molar refractivity (Wildman–Crippen MR) is 116 cm³/mol. The monoisotopic (exact) mass is 413 g/mol. The number of hydrogen-bond donors (Lipinski definition) is 2. The lowest BCUT2D eigenvalue weighted by molar-refractivity contribution is -0.384. The molecule has 2 aromatic carbocycles. The zero-order valence-corrected chi connectivity index (χ0v) is 16.2. The van der Waals surface area contributed by atoms with E-state index in [0.717, 1.165) is 16.5 Å². The van der Waals surface area contributed by atoms with Gasteiger partial charge in [-0.05, 0) is 24.6 Å². The number of aromatic amines is 1. The van der Waals surface area contributed by atoms with Crippen molar-refractivity contribution in [1.82, 2.24) is 20.2 Å². The lowest BCUT2D eigenvalue weighted by Crippen LogP contribution is -1.98. The maximum absolute atomic E-state index is 10.9. The minimum atomic E-state index is -0.446. The van der Waals surface area contributed by atoms with Gasteiger partial charge in [0.2, 0.25) is 0 Å². The fourth-order valence-corrected chi connectivity index (χ4v) is 3.30. The molecule has 152 valence electrons. The van der Waals surface area contributed by atoms with Gasteiger partial charge in [0.1, 0.15) is 17.0 Å². The fourth-order valence-electron chi connectivity index (χ4n) is 3.30. The number of hydrazone groups is 1. The van der Waals surface area contributed by atoms with Gasteiger partial charge in [0.15, 0.2) is 5.65 Å². The van der Waals surface area contributed by atoms with Crippen LogP contribution in [-0.2, 0) is 0 Å². The molecule has 0 aliphatic rings. The number of anilines is 1. The van der Waals surface area contributed by atoms with Gasteiger partial charge >= 0.3 is 0 Å². The van der Waals surface area contributed by atoms with E-state index in [1.54, 1.807) is 24.3 Å². The Morgan fingerprint density at radius 1 is 1.16 bits per heavy atom. The summed E-state index contributed by atoms with van der Waals surface area (Å²) < 4.78 is 5.69. The van der Waals surface area contributed by atoms with Crippen LogP contribution < -0.4 is 5.43 Å². The first kappa shape index (κ1) is 18.4. The largest absolute Gasteiger partial charge is 0.455 e. The summed E-state index contributed by atoms with van der Waals surface area (Å²) in [6.07, 6.45) is 1.46. The van der Waals surface area contributed by atoms with E-state index < -0.39 is 4.92 Å². The van der Waals surface area contributed by atoms with Gasteiger partial charge in [-0.25, -0.2) is 5.43 Å². The quantitative estimate of drug-likeness (QED) is 0.247. The summed E-state index contributed by atoms with van der Waals surface area (Å²) in [6.45, 7) is 2.01. The highest BCUT2D eigenvalue weighted by Crippen LogP contribution is 2.26. The van der Waals surface area contributed by atoms with E-state index >= 15 is 0 Å². The summed E-state index contributed by atoms with van der Waals surface area (Å²) in [4.78, 5) is 18.2. The number of aromatic nitrogens is 4. The first-order chi connectivity index (χ1) is 15.1. The SMILES string of the molecule is Cc1cccc2c1[nH]c1nc(N/N=C/c3ccc(-c4cccc([N+](=O)[O-])c4)o3)nnc12. The van der Waals surface area contributed by atoms with Gasteiger partial charge in [0.05, 0.1) is 16.7 Å². The number of fused-ring (bicyclic) bond motifs is 3. The Balaban J connectivity index is 1.34. The Morgan fingerprint density at radius 3 is 2.90 bits per heavy atom. The third-order valence-corrected chi connectivity index (χ3v) is 4.78. The van der Waals surface area contributed by atoms with E-state index in [4.69, 9.17) is 4.42 Å². The number of rotatable bonds is 5. The molecule has 0 fully saturated rings. The van der Waals surface area contributed by atoms with E-state index in [1.165, 1.54) is 18.3 Å². The third kappa shape index (κ3) is 3.46. The molecule has 0 unspecified atom stereocenters. The van der Waals surface area contributed by atoms with Crippen LogP contribution >= 0.6 is 0 Å². The van der Waals surface area contributed by atoms with E-state index in [1.807, 2.05) is 25.1 Å². The molecule has 3 heterocycles. The average Bonchev–Trinajstić information content (AvgIpc) is 3.39. The Morgan fingerprint density at radius 2 is 2.03 bits per heavy atom. The number of para-hydroxylation sites is 1. The highest BCUT2D eigenvalue weighted by molar-refractivity contribution is 6.04. The Bertz CT molecular complexity index is 1470. The molecule has 0 bridgehead atoms. The number of hydrogen-bond acceptors (Lipinski definition) is 8. The van der Waals surface area contributed by atoms with Crippen molar-refractivity contribution in [1.29, 1.82) is 0 Å². The van der Waals surface area contributed by atoms with Crippen molar-refractivity contribution >= 4 is 39.9 Å². The van der Waals surface area contributed by atoms with Gasteiger partial charge in [-0.15, -0.1) is 10.2 Å². The second-order valence-corrected chi connectivity index (χ2v) is 6.83. The smallest absolute Gasteiger partial charge is 0.270 e. The molecule has 5 aromatic rings. The maximum atomic E-state index is 10.9. The van der Waals surface area contributed by atoms with E-state index in [2.05, 4.69) is 30.7 Å². The van der Waals surface area contributed by atoms with Gasteiger partial charge in [-0.3, -0.25) is 10.1 Å². The van der Waals surface area contributed by atoms with Gasteiger partial charge in [-0.2, -0.15) is 10.1 Å². The number of benzene rings is 2. The molecular weight excluding hydrogens is 398 g/mol. The molecule has 0 saturated heterocycles. The Labute approximate surface area is 174 Å². The van der Waals surface area contributed by atoms with E-state index in [0.29, 0.717) is 28.2 Å². The summed E-state index contributed by atoms with van der Waals surface area (Å²) >= 11 is 0. The second-order valence-electron chi connectivity index (χ2n) is 6.83. The molecule has 0 saturated carbocycles. The fraction of sp³-hybridized carbons (Fsp3) is 0.0476. The number of H-pyrrole nitrogens is 1. The number of nitro groups is 1. The molecule has 31 heavy (non-hydrogen) atoms. The Kier molecular flexibility index (Phi) is 4.36. The second kappa shape index (κ2) is 7.34. The van der Waals surface area contributed by atoms with Crippen molar-refractivity contribution in [2.24, 2.45) is 5.10 Å². The molecule has 0 atom stereocenters. The molecule has 0 radical (unpaired) electrons. The van der Waals surface area contributed by atoms with Crippen LogP contribution in [0.1, 0.15) is 11.3 Å². The molecule has 2 N–H and O–H groups in total. The highest BCUT2D eigenvalue weighted by Gasteiger charge is 2.11. The maximum Gasteiger partial charge on any atom is 0.270 e. The van der Waals surface area contributed by atoms with E-state index in [-0.39, 0.29) is 11.6 Å². The Hall–Kier alpha value is -4.60. The number of nitrogens with one attached hydrogen (secondary N) is 2. The predicted octanol–water partition coefficient (Wildman–Crippen LogP) is 4.43.